The number of hydrogen-bond donors (Lipinski definition) is 0. The van der Waals surface area contributed by atoms with Crippen molar-refractivity contribution in [3.8, 4) is 5.75 Å². The van der Waals surface area contributed by atoms with Gasteiger partial charge in [0, 0.05) is 25.2 Å². The summed E-state index contributed by atoms with van der Waals surface area (Å²) in [5, 5.41) is 8.63. The van der Waals surface area contributed by atoms with Gasteiger partial charge in [-0.2, -0.15) is 0 Å². The molecule has 4 rings (SSSR count). The maximum atomic E-state index is 12.7. The summed E-state index contributed by atoms with van der Waals surface area (Å²) < 4.78 is 7.42. The highest BCUT2D eigenvalue weighted by molar-refractivity contribution is 5.79. The number of amides is 1. The average molecular weight is 364 g/mol. The molecule has 1 amide bonds. The predicted octanol–water partition coefficient (Wildman–Crippen LogP) is 3.00. The summed E-state index contributed by atoms with van der Waals surface area (Å²) in [6.07, 6.45) is 4.25. The van der Waals surface area contributed by atoms with E-state index in [0.717, 1.165) is 54.3 Å². The number of nitrogens with zero attached hydrogens (tertiary/aromatic N) is 4. The number of pyridine rings is 1. The van der Waals surface area contributed by atoms with E-state index in [9.17, 15) is 4.79 Å². The van der Waals surface area contributed by atoms with E-state index in [0.29, 0.717) is 12.3 Å². The summed E-state index contributed by atoms with van der Waals surface area (Å²) in [5.41, 5.74) is 2.95. The van der Waals surface area contributed by atoms with Crippen LogP contribution in [-0.2, 0) is 11.2 Å². The third-order valence-electron chi connectivity index (χ3n) is 5.38. The maximum absolute atomic E-state index is 12.7. The number of ether oxygens (including phenoxy) is 1. The first-order valence-electron chi connectivity index (χ1n) is 9.36. The molecule has 1 fully saturated rings. The Morgan fingerprint density at radius 3 is 2.78 bits per heavy atom. The van der Waals surface area contributed by atoms with E-state index in [-0.39, 0.29) is 5.91 Å². The summed E-state index contributed by atoms with van der Waals surface area (Å²) >= 11 is 0. The number of aromatic nitrogens is 3. The molecular formula is C21H24N4O2. The molecule has 2 aromatic heterocycles. The molecule has 0 N–H and O–H groups in total. The van der Waals surface area contributed by atoms with Gasteiger partial charge in [-0.25, -0.2) is 0 Å². The number of fused-ring (bicyclic) bond motifs is 1. The largest absolute Gasteiger partial charge is 0.496 e. The van der Waals surface area contributed by atoms with Gasteiger partial charge in [-0.1, -0.05) is 18.2 Å². The van der Waals surface area contributed by atoms with Crippen LogP contribution < -0.4 is 4.74 Å². The second-order valence-electron chi connectivity index (χ2n) is 7.12. The fourth-order valence-electron chi connectivity index (χ4n) is 3.79. The van der Waals surface area contributed by atoms with Crippen LogP contribution in [0.1, 0.15) is 35.7 Å². The maximum Gasteiger partial charge on any atom is 0.226 e. The summed E-state index contributed by atoms with van der Waals surface area (Å²) in [7, 11) is 1.66. The second-order valence-corrected chi connectivity index (χ2v) is 7.12. The van der Waals surface area contributed by atoms with E-state index in [2.05, 4.69) is 14.6 Å². The molecule has 6 nitrogen and oxygen atoms in total. The Balaban J connectivity index is 1.39. The lowest BCUT2D eigenvalue weighted by Crippen LogP contribution is -2.39. The van der Waals surface area contributed by atoms with Crippen molar-refractivity contribution in [2.45, 2.75) is 32.1 Å². The van der Waals surface area contributed by atoms with Crippen LogP contribution in [0.3, 0.4) is 0 Å². The van der Waals surface area contributed by atoms with Gasteiger partial charge in [-0.15, -0.1) is 10.2 Å². The van der Waals surface area contributed by atoms with Crippen LogP contribution in [0.15, 0.2) is 42.6 Å². The molecule has 3 aromatic rings. The van der Waals surface area contributed by atoms with Crippen molar-refractivity contribution in [1.82, 2.24) is 19.5 Å². The SMILES string of the molecule is COc1cc(CC(=O)N2CCC(c3nnc4ccccn34)CC2)ccc1C. The van der Waals surface area contributed by atoms with Crippen molar-refractivity contribution in [2.24, 2.45) is 0 Å². The van der Waals surface area contributed by atoms with Crippen molar-refractivity contribution in [2.75, 3.05) is 20.2 Å². The molecule has 1 aromatic carbocycles. The third-order valence-corrected chi connectivity index (χ3v) is 5.38. The smallest absolute Gasteiger partial charge is 0.226 e. The monoisotopic (exact) mass is 364 g/mol. The lowest BCUT2D eigenvalue weighted by atomic mass is 9.95. The van der Waals surface area contributed by atoms with E-state index in [1.165, 1.54) is 0 Å². The van der Waals surface area contributed by atoms with E-state index < -0.39 is 0 Å². The van der Waals surface area contributed by atoms with E-state index in [1.807, 2.05) is 54.4 Å². The number of rotatable bonds is 4. The molecule has 0 radical (unpaired) electrons. The minimum Gasteiger partial charge on any atom is -0.496 e. The first kappa shape index (κ1) is 17.5. The number of benzene rings is 1. The minimum atomic E-state index is 0.172. The molecule has 0 atom stereocenters. The molecule has 27 heavy (non-hydrogen) atoms. The number of carbonyl (C=O) groups is 1. The van der Waals surface area contributed by atoms with Crippen molar-refractivity contribution in [1.29, 1.82) is 0 Å². The van der Waals surface area contributed by atoms with Gasteiger partial charge in [-0.05, 0) is 49.1 Å². The Morgan fingerprint density at radius 2 is 2.00 bits per heavy atom. The van der Waals surface area contributed by atoms with Crippen LogP contribution in [0.2, 0.25) is 0 Å². The van der Waals surface area contributed by atoms with Crippen LogP contribution in [-0.4, -0.2) is 45.6 Å². The van der Waals surface area contributed by atoms with Gasteiger partial charge in [-0.3, -0.25) is 9.20 Å². The van der Waals surface area contributed by atoms with Gasteiger partial charge >= 0.3 is 0 Å². The summed E-state index contributed by atoms with van der Waals surface area (Å²) in [5.74, 6) is 2.34. The van der Waals surface area contributed by atoms with Gasteiger partial charge in [0.2, 0.25) is 5.91 Å². The molecule has 0 spiro atoms. The molecule has 0 saturated carbocycles. The van der Waals surface area contributed by atoms with Crippen LogP contribution in [0, 0.1) is 6.92 Å². The van der Waals surface area contributed by atoms with Gasteiger partial charge in [0.05, 0.1) is 13.5 Å². The first-order chi connectivity index (χ1) is 13.2. The number of methoxy groups -OCH3 is 1. The number of hydrogen-bond acceptors (Lipinski definition) is 4. The van der Waals surface area contributed by atoms with Crippen molar-refractivity contribution in [3.63, 3.8) is 0 Å². The Labute approximate surface area is 158 Å². The molecule has 1 aliphatic rings. The molecule has 0 unspecified atom stereocenters. The zero-order valence-electron chi connectivity index (χ0n) is 15.8. The molecule has 1 saturated heterocycles. The Bertz CT molecular complexity index is 958. The number of carbonyl (C=O) groups excluding carboxylic acids is 1. The zero-order chi connectivity index (χ0) is 18.8. The molecular weight excluding hydrogens is 340 g/mol. The normalized spacial score (nSPS) is 15.3. The average Bonchev–Trinajstić information content (AvgIpc) is 3.13. The molecule has 140 valence electrons. The van der Waals surface area contributed by atoms with Crippen LogP contribution in [0.4, 0.5) is 0 Å². The van der Waals surface area contributed by atoms with Gasteiger partial charge in [0.25, 0.3) is 0 Å². The topological polar surface area (TPSA) is 59.7 Å². The molecule has 6 heteroatoms. The minimum absolute atomic E-state index is 0.172. The molecule has 3 heterocycles. The fourth-order valence-corrected chi connectivity index (χ4v) is 3.79. The Kier molecular flexibility index (Phi) is 4.79. The highest BCUT2D eigenvalue weighted by Crippen LogP contribution is 2.27. The standard InChI is InChI=1S/C21H24N4O2/c1-15-6-7-16(13-18(15)27-2)14-20(26)24-11-8-17(9-12-24)21-23-22-19-5-3-4-10-25(19)21/h3-7,10,13,17H,8-9,11-12,14H2,1-2H3. The summed E-state index contributed by atoms with van der Waals surface area (Å²) in [4.78, 5) is 14.7. The van der Waals surface area contributed by atoms with Crippen LogP contribution in [0.5, 0.6) is 5.75 Å². The van der Waals surface area contributed by atoms with Crippen molar-refractivity contribution >= 4 is 11.6 Å². The van der Waals surface area contributed by atoms with Gasteiger partial charge in [0.1, 0.15) is 11.6 Å². The highest BCUT2D eigenvalue weighted by atomic mass is 16.5. The highest BCUT2D eigenvalue weighted by Gasteiger charge is 2.26. The predicted molar refractivity (Wildman–Crippen MR) is 103 cm³/mol. The van der Waals surface area contributed by atoms with Crippen molar-refractivity contribution in [3.05, 3.63) is 59.5 Å². The van der Waals surface area contributed by atoms with E-state index in [4.69, 9.17) is 4.74 Å². The first-order valence-corrected chi connectivity index (χ1v) is 9.36. The van der Waals surface area contributed by atoms with Crippen LogP contribution in [0.25, 0.3) is 5.65 Å². The van der Waals surface area contributed by atoms with Gasteiger partial charge in [0.15, 0.2) is 5.65 Å². The number of likely N-dealkylation sites (tertiary alicyclic amines) is 1. The van der Waals surface area contributed by atoms with E-state index >= 15 is 0 Å². The zero-order valence-corrected chi connectivity index (χ0v) is 15.8. The Morgan fingerprint density at radius 1 is 1.19 bits per heavy atom. The third kappa shape index (κ3) is 3.52. The quantitative estimate of drug-likeness (QED) is 0.714. The lowest BCUT2D eigenvalue weighted by molar-refractivity contribution is -0.131. The number of aryl methyl sites for hydroxylation is 1. The molecule has 0 bridgehead atoms. The second kappa shape index (κ2) is 7.39. The lowest BCUT2D eigenvalue weighted by Gasteiger charge is -2.31. The van der Waals surface area contributed by atoms with Gasteiger partial charge < -0.3 is 9.64 Å². The summed E-state index contributed by atoms with van der Waals surface area (Å²) in [6, 6.07) is 11.9. The summed E-state index contributed by atoms with van der Waals surface area (Å²) in [6.45, 7) is 3.52. The fraction of sp³-hybridized carbons (Fsp3) is 0.381. The molecule has 1 aliphatic heterocycles. The van der Waals surface area contributed by atoms with E-state index in [1.54, 1.807) is 7.11 Å². The number of piperidine rings is 1. The van der Waals surface area contributed by atoms with Crippen molar-refractivity contribution < 1.29 is 9.53 Å². The Hall–Kier alpha value is -2.89. The van der Waals surface area contributed by atoms with Crippen LogP contribution >= 0.6 is 0 Å². The molecule has 0 aliphatic carbocycles.